The van der Waals surface area contributed by atoms with Crippen molar-refractivity contribution in [3.05, 3.63) is 29.4 Å². The Morgan fingerprint density at radius 2 is 2.18 bits per heavy atom. The molecule has 0 spiro atoms. The van der Waals surface area contributed by atoms with Crippen LogP contribution in [0.2, 0.25) is 5.02 Å². The van der Waals surface area contributed by atoms with Crippen molar-refractivity contribution in [2.24, 2.45) is 0 Å². The Morgan fingerprint density at radius 3 is 3.06 bits per heavy atom. The summed E-state index contributed by atoms with van der Waals surface area (Å²) in [6.45, 7) is 2.39. The maximum Gasteiger partial charge on any atom is 0.222 e. The molecular formula is C10H11ClN6. The van der Waals surface area contributed by atoms with E-state index in [0.717, 1.165) is 18.9 Å². The zero-order valence-electron chi connectivity index (χ0n) is 9.04. The molecule has 3 heterocycles. The summed E-state index contributed by atoms with van der Waals surface area (Å²) in [4.78, 5) is 14.4. The molecule has 17 heavy (non-hydrogen) atoms. The molecule has 0 bridgehead atoms. The number of imidazole rings is 1. The van der Waals surface area contributed by atoms with Crippen LogP contribution in [0.1, 0.15) is 5.82 Å². The summed E-state index contributed by atoms with van der Waals surface area (Å²) in [5.41, 5.74) is 5.58. The van der Waals surface area contributed by atoms with Gasteiger partial charge >= 0.3 is 0 Å². The van der Waals surface area contributed by atoms with Crippen molar-refractivity contribution < 1.29 is 0 Å². The molecule has 0 saturated heterocycles. The van der Waals surface area contributed by atoms with Gasteiger partial charge in [-0.25, -0.2) is 9.97 Å². The zero-order valence-corrected chi connectivity index (χ0v) is 9.80. The van der Waals surface area contributed by atoms with E-state index in [2.05, 4.69) is 24.4 Å². The smallest absolute Gasteiger partial charge is 0.222 e. The first-order valence-corrected chi connectivity index (χ1v) is 5.65. The van der Waals surface area contributed by atoms with Crippen molar-refractivity contribution in [1.29, 1.82) is 0 Å². The number of anilines is 2. The molecule has 88 valence electrons. The van der Waals surface area contributed by atoms with Crippen LogP contribution in [0.3, 0.4) is 0 Å². The highest BCUT2D eigenvalue weighted by Gasteiger charge is 2.20. The molecule has 6 nitrogen and oxygen atoms in total. The van der Waals surface area contributed by atoms with Gasteiger partial charge in [0, 0.05) is 25.5 Å². The second-order valence-corrected chi connectivity index (χ2v) is 4.27. The minimum Gasteiger partial charge on any atom is -0.368 e. The van der Waals surface area contributed by atoms with Gasteiger partial charge in [-0.3, -0.25) is 0 Å². The highest BCUT2D eigenvalue weighted by molar-refractivity contribution is 6.32. The maximum absolute atomic E-state index is 6.08. The molecule has 0 aliphatic carbocycles. The van der Waals surface area contributed by atoms with Crippen LogP contribution in [0.5, 0.6) is 0 Å². The Kier molecular flexibility index (Phi) is 2.36. The van der Waals surface area contributed by atoms with Gasteiger partial charge in [-0.05, 0) is 0 Å². The molecule has 1 aliphatic rings. The molecule has 2 N–H and O–H groups in total. The molecule has 0 unspecified atom stereocenters. The summed E-state index contributed by atoms with van der Waals surface area (Å²) in [6.07, 6.45) is 5.30. The second kappa shape index (κ2) is 3.89. The molecular weight excluding hydrogens is 240 g/mol. The molecule has 0 atom stereocenters. The van der Waals surface area contributed by atoms with Crippen molar-refractivity contribution in [3.8, 4) is 0 Å². The number of rotatable bonds is 1. The minimum atomic E-state index is 0.235. The summed E-state index contributed by atoms with van der Waals surface area (Å²) >= 11 is 6.08. The van der Waals surface area contributed by atoms with Crippen LogP contribution >= 0.6 is 11.6 Å². The van der Waals surface area contributed by atoms with Crippen molar-refractivity contribution in [3.63, 3.8) is 0 Å². The third kappa shape index (κ3) is 1.80. The van der Waals surface area contributed by atoms with E-state index < -0.39 is 0 Å². The Hall–Kier alpha value is -1.82. The van der Waals surface area contributed by atoms with E-state index in [-0.39, 0.29) is 5.95 Å². The predicted octanol–water partition coefficient (Wildman–Crippen LogP) is 0.929. The molecule has 0 fully saturated rings. The van der Waals surface area contributed by atoms with E-state index >= 15 is 0 Å². The fraction of sp³-hybridized carbons (Fsp3) is 0.300. The van der Waals surface area contributed by atoms with Gasteiger partial charge in [-0.15, -0.1) is 0 Å². The number of nitrogens with zero attached hydrogens (tertiary/aromatic N) is 5. The minimum absolute atomic E-state index is 0.235. The average Bonchev–Trinajstić information content (AvgIpc) is 2.79. The normalized spacial score (nSPS) is 14.8. The predicted molar refractivity (Wildman–Crippen MR) is 64.7 cm³/mol. The van der Waals surface area contributed by atoms with Gasteiger partial charge in [0.2, 0.25) is 5.95 Å². The number of aromatic nitrogens is 4. The standard InChI is InChI=1S/C10H11ClN6/c11-7-5-14-10(12)15-9(7)17-4-3-16-2-1-13-8(16)6-17/h1-2,5H,3-4,6H2,(H2,12,14,15). The van der Waals surface area contributed by atoms with E-state index in [0.29, 0.717) is 17.4 Å². The molecule has 0 amide bonds. The monoisotopic (exact) mass is 250 g/mol. The largest absolute Gasteiger partial charge is 0.368 e. The Morgan fingerprint density at radius 1 is 1.29 bits per heavy atom. The Balaban J connectivity index is 1.94. The summed E-state index contributed by atoms with van der Waals surface area (Å²) < 4.78 is 2.12. The number of fused-ring (bicyclic) bond motifs is 1. The highest BCUT2D eigenvalue weighted by Crippen LogP contribution is 2.26. The van der Waals surface area contributed by atoms with Gasteiger partial charge in [0.1, 0.15) is 10.8 Å². The molecule has 2 aromatic rings. The van der Waals surface area contributed by atoms with Gasteiger partial charge in [-0.1, -0.05) is 11.6 Å². The van der Waals surface area contributed by atoms with E-state index in [9.17, 15) is 0 Å². The van der Waals surface area contributed by atoms with Crippen LogP contribution in [-0.2, 0) is 13.1 Å². The van der Waals surface area contributed by atoms with E-state index in [1.165, 1.54) is 6.20 Å². The van der Waals surface area contributed by atoms with Crippen molar-refractivity contribution >= 4 is 23.4 Å². The number of hydrogen-bond donors (Lipinski definition) is 1. The lowest BCUT2D eigenvalue weighted by molar-refractivity contribution is 0.556. The molecule has 2 aromatic heterocycles. The average molecular weight is 251 g/mol. The number of nitrogens with two attached hydrogens (primary N) is 1. The van der Waals surface area contributed by atoms with Gasteiger partial charge < -0.3 is 15.2 Å². The summed E-state index contributed by atoms with van der Waals surface area (Å²) in [5.74, 6) is 1.91. The maximum atomic E-state index is 6.08. The molecule has 3 rings (SSSR count). The summed E-state index contributed by atoms with van der Waals surface area (Å²) in [6, 6.07) is 0. The third-order valence-electron chi connectivity index (χ3n) is 2.79. The second-order valence-electron chi connectivity index (χ2n) is 3.86. The third-order valence-corrected chi connectivity index (χ3v) is 3.06. The molecule has 0 radical (unpaired) electrons. The zero-order chi connectivity index (χ0) is 11.8. The van der Waals surface area contributed by atoms with Crippen LogP contribution in [0.25, 0.3) is 0 Å². The van der Waals surface area contributed by atoms with Crippen molar-refractivity contribution in [1.82, 2.24) is 19.5 Å². The van der Waals surface area contributed by atoms with E-state index in [1.807, 2.05) is 6.20 Å². The number of hydrogen-bond acceptors (Lipinski definition) is 5. The fourth-order valence-electron chi connectivity index (χ4n) is 1.95. The first-order chi connectivity index (χ1) is 8.24. The van der Waals surface area contributed by atoms with Gasteiger partial charge in [0.05, 0.1) is 12.7 Å². The van der Waals surface area contributed by atoms with E-state index in [4.69, 9.17) is 17.3 Å². The molecule has 0 aromatic carbocycles. The van der Waals surface area contributed by atoms with Crippen molar-refractivity contribution in [2.45, 2.75) is 13.1 Å². The van der Waals surface area contributed by atoms with Gasteiger partial charge in [-0.2, -0.15) is 4.98 Å². The van der Waals surface area contributed by atoms with Crippen molar-refractivity contribution in [2.75, 3.05) is 17.2 Å². The SMILES string of the molecule is Nc1ncc(Cl)c(N2CCn3ccnc3C2)n1. The Labute approximate surface area is 103 Å². The van der Waals surface area contributed by atoms with Crippen LogP contribution in [0.15, 0.2) is 18.6 Å². The van der Waals surface area contributed by atoms with Crippen LogP contribution in [-0.4, -0.2) is 26.1 Å². The highest BCUT2D eigenvalue weighted by atomic mass is 35.5. The lowest BCUT2D eigenvalue weighted by Crippen LogP contribution is -2.34. The Bertz CT molecular complexity index is 551. The molecule has 1 aliphatic heterocycles. The number of nitrogen functional groups attached to an aromatic ring is 1. The lowest BCUT2D eigenvalue weighted by atomic mass is 10.3. The van der Waals surface area contributed by atoms with Crippen LogP contribution < -0.4 is 10.6 Å². The fourth-order valence-corrected chi connectivity index (χ4v) is 2.16. The topological polar surface area (TPSA) is 72.9 Å². The molecule has 7 heteroatoms. The first-order valence-electron chi connectivity index (χ1n) is 5.27. The summed E-state index contributed by atoms with van der Waals surface area (Å²) in [7, 11) is 0. The van der Waals surface area contributed by atoms with Crippen LogP contribution in [0.4, 0.5) is 11.8 Å². The quantitative estimate of drug-likeness (QED) is 0.815. The molecule has 0 saturated carbocycles. The lowest BCUT2D eigenvalue weighted by Gasteiger charge is -2.29. The van der Waals surface area contributed by atoms with Crippen LogP contribution in [0, 0.1) is 0 Å². The number of halogens is 1. The van der Waals surface area contributed by atoms with E-state index in [1.54, 1.807) is 6.20 Å². The van der Waals surface area contributed by atoms with Gasteiger partial charge in [0.15, 0.2) is 5.82 Å². The summed E-state index contributed by atoms with van der Waals surface area (Å²) in [5, 5.41) is 0.513. The van der Waals surface area contributed by atoms with Gasteiger partial charge in [0.25, 0.3) is 0 Å². The first kappa shape index (κ1) is 10.3.